The molecular formula is C30H22O5. The Kier molecular flexibility index (Phi) is 6.39. The van der Waals surface area contributed by atoms with Gasteiger partial charge in [0.1, 0.15) is 17.9 Å². The molecule has 5 heteroatoms. The monoisotopic (exact) mass is 462 g/mol. The second-order valence-electron chi connectivity index (χ2n) is 7.96. The number of hydrogen-bond donors (Lipinski definition) is 0. The molecule has 5 aromatic rings. The van der Waals surface area contributed by atoms with Crippen LogP contribution in [0.25, 0.3) is 11.0 Å². The molecule has 4 aromatic carbocycles. The lowest BCUT2D eigenvalue weighted by Crippen LogP contribution is -2.13. The van der Waals surface area contributed by atoms with Gasteiger partial charge in [-0.3, -0.25) is 9.59 Å². The maximum atomic E-state index is 13.1. The van der Waals surface area contributed by atoms with Crippen LogP contribution in [0.3, 0.4) is 0 Å². The van der Waals surface area contributed by atoms with E-state index in [4.69, 9.17) is 13.9 Å². The number of benzene rings is 4. The van der Waals surface area contributed by atoms with Crippen LogP contribution in [0.15, 0.2) is 114 Å². The molecule has 172 valence electrons. The molecule has 35 heavy (non-hydrogen) atoms. The summed E-state index contributed by atoms with van der Waals surface area (Å²) in [6.45, 7) is 0.214. The Hall–Kier alpha value is -4.64. The van der Waals surface area contributed by atoms with Crippen molar-refractivity contribution < 1.29 is 23.5 Å². The lowest BCUT2D eigenvalue weighted by atomic mass is 10.1. The average Bonchev–Trinajstić information content (AvgIpc) is 3.30. The number of carbonyl (C=O) groups excluding carboxylic acids is 2. The zero-order valence-corrected chi connectivity index (χ0v) is 18.8. The van der Waals surface area contributed by atoms with E-state index in [0.29, 0.717) is 34.5 Å². The van der Waals surface area contributed by atoms with Crippen molar-refractivity contribution in [2.45, 2.75) is 6.61 Å². The van der Waals surface area contributed by atoms with Crippen molar-refractivity contribution in [1.29, 1.82) is 0 Å². The van der Waals surface area contributed by atoms with Gasteiger partial charge in [-0.1, -0.05) is 72.8 Å². The second-order valence-corrected chi connectivity index (χ2v) is 7.96. The summed E-state index contributed by atoms with van der Waals surface area (Å²) in [6.07, 6.45) is 0. The van der Waals surface area contributed by atoms with Gasteiger partial charge in [-0.05, 0) is 42.0 Å². The minimum Gasteiger partial charge on any atom is -0.489 e. The molecule has 1 heterocycles. The maximum absolute atomic E-state index is 13.1. The summed E-state index contributed by atoms with van der Waals surface area (Å²) >= 11 is 0. The van der Waals surface area contributed by atoms with Crippen LogP contribution >= 0.6 is 0 Å². The fourth-order valence-corrected chi connectivity index (χ4v) is 3.73. The van der Waals surface area contributed by atoms with E-state index < -0.39 is 0 Å². The summed E-state index contributed by atoms with van der Waals surface area (Å²) in [6, 6.07) is 32.8. The number of Topliss-reactive ketones (excluding diaryl/α,β-unsaturated/α-hetero) is 1. The third-order valence-electron chi connectivity index (χ3n) is 5.56. The highest BCUT2D eigenvalue weighted by Crippen LogP contribution is 2.34. The maximum Gasteiger partial charge on any atom is 0.232 e. The Labute approximate surface area is 202 Å². The molecule has 0 unspecified atom stereocenters. The largest absolute Gasteiger partial charge is 0.489 e. The van der Waals surface area contributed by atoms with E-state index in [-0.39, 0.29) is 29.7 Å². The molecule has 0 aliphatic rings. The topological polar surface area (TPSA) is 65.7 Å². The van der Waals surface area contributed by atoms with E-state index in [1.54, 1.807) is 60.7 Å². The molecule has 0 spiro atoms. The van der Waals surface area contributed by atoms with E-state index in [9.17, 15) is 9.59 Å². The molecule has 5 nitrogen and oxygen atoms in total. The standard InChI is InChI=1S/C30H22O5/c31-26(22-15-17-24(18-16-22)33-19-21-9-3-1-4-10-21)20-34-29-25-13-7-8-14-27(25)35-30(29)28(32)23-11-5-2-6-12-23/h1-18H,19-20H2. The SMILES string of the molecule is O=C(COc1c(C(=O)c2ccccc2)oc2ccccc12)c1ccc(OCc2ccccc2)cc1. The van der Waals surface area contributed by atoms with Gasteiger partial charge < -0.3 is 13.9 Å². The number of rotatable bonds is 9. The Balaban J connectivity index is 1.30. The highest BCUT2D eigenvalue weighted by atomic mass is 16.5. The first-order valence-corrected chi connectivity index (χ1v) is 11.2. The molecule has 0 saturated carbocycles. The number of para-hydroxylation sites is 1. The summed E-state index contributed by atoms with van der Waals surface area (Å²) in [5.41, 5.74) is 2.55. The molecule has 0 aliphatic heterocycles. The number of hydrogen-bond acceptors (Lipinski definition) is 5. The first-order chi connectivity index (χ1) is 17.2. The summed E-state index contributed by atoms with van der Waals surface area (Å²) in [5.74, 6) is 0.496. The molecule has 0 aliphatic carbocycles. The Morgan fingerprint density at radius 2 is 1.31 bits per heavy atom. The zero-order valence-electron chi connectivity index (χ0n) is 18.8. The lowest BCUT2D eigenvalue weighted by molar-refractivity contribution is 0.0912. The van der Waals surface area contributed by atoms with Gasteiger partial charge in [-0.15, -0.1) is 0 Å². The van der Waals surface area contributed by atoms with Crippen molar-refractivity contribution in [2.24, 2.45) is 0 Å². The fraction of sp³-hybridized carbons (Fsp3) is 0.0667. The van der Waals surface area contributed by atoms with Gasteiger partial charge in [0.25, 0.3) is 0 Å². The van der Waals surface area contributed by atoms with Gasteiger partial charge in [-0.25, -0.2) is 0 Å². The summed E-state index contributed by atoms with van der Waals surface area (Å²) in [5, 5.41) is 0.643. The van der Waals surface area contributed by atoms with Crippen molar-refractivity contribution in [1.82, 2.24) is 0 Å². The molecule has 5 rings (SSSR count). The van der Waals surface area contributed by atoms with Crippen LogP contribution in [0.2, 0.25) is 0 Å². The molecule has 0 atom stereocenters. The van der Waals surface area contributed by atoms with Crippen molar-refractivity contribution in [3.63, 3.8) is 0 Å². The Morgan fingerprint density at radius 1 is 0.657 bits per heavy atom. The lowest BCUT2D eigenvalue weighted by Gasteiger charge is -2.08. The Bertz CT molecular complexity index is 1450. The van der Waals surface area contributed by atoms with Crippen LogP contribution in [0.4, 0.5) is 0 Å². The van der Waals surface area contributed by atoms with Crippen LogP contribution in [0.5, 0.6) is 11.5 Å². The van der Waals surface area contributed by atoms with Crippen LogP contribution in [0, 0.1) is 0 Å². The van der Waals surface area contributed by atoms with Gasteiger partial charge in [0.05, 0.1) is 5.39 Å². The molecule has 0 fully saturated rings. The molecule has 0 bridgehead atoms. The van der Waals surface area contributed by atoms with Gasteiger partial charge in [-0.2, -0.15) is 0 Å². The van der Waals surface area contributed by atoms with Gasteiger partial charge in [0.2, 0.25) is 11.5 Å². The summed E-state index contributed by atoms with van der Waals surface area (Å²) < 4.78 is 17.5. The Morgan fingerprint density at radius 3 is 2.06 bits per heavy atom. The summed E-state index contributed by atoms with van der Waals surface area (Å²) in [7, 11) is 0. The number of carbonyl (C=O) groups is 2. The van der Waals surface area contributed by atoms with E-state index in [0.717, 1.165) is 5.56 Å². The fourth-order valence-electron chi connectivity index (χ4n) is 3.73. The third-order valence-corrected chi connectivity index (χ3v) is 5.56. The number of furan rings is 1. The average molecular weight is 463 g/mol. The highest BCUT2D eigenvalue weighted by Gasteiger charge is 2.24. The minimum atomic E-state index is -0.302. The van der Waals surface area contributed by atoms with E-state index in [1.807, 2.05) is 48.5 Å². The van der Waals surface area contributed by atoms with Crippen LogP contribution in [-0.2, 0) is 6.61 Å². The summed E-state index contributed by atoms with van der Waals surface area (Å²) in [4.78, 5) is 25.9. The molecule has 0 saturated heterocycles. The quantitative estimate of drug-likeness (QED) is 0.234. The second kappa shape index (κ2) is 10.1. The predicted molar refractivity (Wildman–Crippen MR) is 133 cm³/mol. The third kappa shape index (κ3) is 4.99. The van der Waals surface area contributed by atoms with Crippen molar-refractivity contribution in [3.8, 4) is 11.5 Å². The zero-order chi connectivity index (χ0) is 24.0. The van der Waals surface area contributed by atoms with E-state index >= 15 is 0 Å². The molecule has 1 aromatic heterocycles. The number of ketones is 2. The van der Waals surface area contributed by atoms with Crippen molar-refractivity contribution >= 4 is 22.5 Å². The number of fused-ring (bicyclic) bond motifs is 1. The normalized spacial score (nSPS) is 10.7. The van der Waals surface area contributed by atoms with Gasteiger partial charge >= 0.3 is 0 Å². The first-order valence-electron chi connectivity index (χ1n) is 11.2. The minimum absolute atomic E-state index is 0.0786. The van der Waals surface area contributed by atoms with Crippen molar-refractivity contribution in [3.05, 3.63) is 132 Å². The van der Waals surface area contributed by atoms with Crippen LogP contribution in [0.1, 0.15) is 32.0 Å². The van der Waals surface area contributed by atoms with Gasteiger partial charge in [0.15, 0.2) is 18.1 Å². The molecular weight excluding hydrogens is 440 g/mol. The predicted octanol–water partition coefficient (Wildman–Crippen LogP) is 6.50. The van der Waals surface area contributed by atoms with Crippen LogP contribution < -0.4 is 9.47 Å². The highest BCUT2D eigenvalue weighted by molar-refractivity contribution is 6.12. The van der Waals surface area contributed by atoms with Crippen molar-refractivity contribution in [2.75, 3.05) is 6.61 Å². The number of ether oxygens (including phenoxy) is 2. The molecule has 0 amide bonds. The molecule has 0 radical (unpaired) electrons. The van der Waals surface area contributed by atoms with E-state index in [1.165, 1.54) is 0 Å². The van der Waals surface area contributed by atoms with E-state index in [2.05, 4.69) is 0 Å². The molecule has 0 N–H and O–H groups in total. The van der Waals surface area contributed by atoms with Crippen LogP contribution in [-0.4, -0.2) is 18.2 Å². The first kappa shape index (κ1) is 22.2. The van der Waals surface area contributed by atoms with Gasteiger partial charge in [0, 0.05) is 11.1 Å². The smallest absolute Gasteiger partial charge is 0.232 e.